The molecular formula is C20H25ClN4O3. The highest BCUT2D eigenvalue weighted by atomic mass is 35.5. The monoisotopic (exact) mass is 404 g/mol. The Morgan fingerprint density at radius 1 is 1.46 bits per heavy atom. The first kappa shape index (κ1) is 21.4. The molecule has 150 valence electrons. The average molecular weight is 405 g/mol. The van der Waals surface area contributed by atoms with Crippen LogP contribution in [0.4, 0.5) is 5.82 Å². The summed E-state index contributed by atoms with van der Waals surface area (Å²) in [4.78, 5) is 15.6. The second kappa shape index (κ2) is 9.87. The molecule has 0 bridgehead atoms. The highest BCUT2D eigenvalue weighted by Gasteiger charge is 2.23. The molecule has 1 aliphatic rings. The first-order chi connectivity index (χ1) is 13.4. The molecule has 3 rings (SSSR count). The maximum absolute atomic E-state index is 11.0. The molecule has 1 amide bonds. The summed E-state index contributed by atoms with van der Waals surface area (Å²) in [6, 6.07) is 6.80. The number of aromatic amines is 1. The number of aromatic nitrogens is 1. The minimum absolute atomic E-state index is 0.00421. The van der Waals surface area contributed by atoms with Crippen molar-refractivity contribution < 1.29 is 14.6 Å². The van der Waals surface area contributed by atoms with E-state index in [0.717, 1.165) is 13.0 Å². The molecule has 0 saturated carbocycles. The van der Waals surface area contributed by atoms with Crippen LogP contribution in [-0.2, 0) is 9.53 Å². The van der Waals surface area contributed by atoms with E-state index >= 15 is 0 Å². The number of carbonyl (C=O) groups is 1. The number of likely N-dealkylation sites (tertiary alicyclic amines) is 1. The van der Waals surface area contributed by atoms with Gasteiger partial charge in [-0.1, -0.05) is 30.3 Å². The summed E-state index contributed by atoms with van der Waals surface area (Å²) < 4.78 is 5.11. The number of para-hydroxylation sites is 1. The number of nitrogens with zero attached hydrogens (tertiary/aromatic N) is 1. The van der Waals surface area contributed by atoms with Gasteiger partial charge >= 0.3 is 0 Å². The van der Waals surface area contributed by atoms with Gasteiger partial charge < -0.3 is 31.2 Å². The lowest BCUT2D eigenvalue weighted by Gasteiger charge is -2.12. The van der Waals surface area contributed by atoms with Crippen molar-refractivity contribution in [3.8, 4) is 5.75 Å². The maximum atomic E-state index is 11.0. The number of hydrogen-bond donors (Lipinski definition) is 4. The van der Waals surface area contributed by atoms with Crippen LogP contribution in [-0.4, -0.2) is 47.2 Å². The number of amides is 1. The molecule has 1 aromatic carbocycles. The van der Waals surface area contributed by atoms with Crippen molar-refractivity contribution in [1.82, 2.24) is 9.88 Å². The SMILES string of the molecule is C=CC(=O)N1CCC(OC)C1.N/C(=C\c1c(Cl)c[nH]c1N)c1ccccc1O. The van der Waals surface area contributed by atoms with Crippen LogP contribution in [0.3, 0.4) is 0 Å². The molecule has 1 unspecified atom stereocenters. The Hall–Kier alpha value is -2.90. The second-order valence-electron chi connectivity index (χ2n) is 6.22. The fraction of sp³-hybridized carbons (Fsp3) is 0.250. The van der Waals surface area contributed by atoms with E-state index in [9.17, 15) is 9.90 Å². The Kier molecular flexibility index (Phi) is 7.54. The number of nitrogens with two attached hydrogens (primary N) is 2. The third-order valence-electron chi connectivity index (χ3n) is 4.38. The fourth-order valence-corrected chi connectivity index (χ4v) is 2.98. The number of halogens is 1. The third-order valence-corrected chi connectivity index (χ3v) is 4.69. The number of methoxy groups -OCH3 is 1. The number of hydrogen-bond acceptors (Lipinski definition) is 5. The predicted molar refractivity (Wildman–Crippen MR) is 113 cm³/mol. The number of phenolic OH excluding ortho intramolecular Hbond substituents is 1. The Labute approximate surface area is 169 Å². The van der Waals surface area contributed by atoms with E-state index < -0.39 is 0 Å². The number of phenols is 1. The molecule has 0 aliphatic carbocycles. The van der Waals surface area contributed by atoms with Gasteiger partial charge in [0.25, 0.3) is 0 Å². The lowest BCUT2D eigenvalue weighted by atomic mass is 10.1. The highest BCUT2D eigenvalue weighted by molar-refractivity contribution is 6.32. The molecule has 8 heteroatoms. The Bertz CT molecular complexity index is 843. The number of aromatic hydroxyl groups is 1. The molecule has 6 N–H and O–H groups in total. The lowest BCUT2D eigenvalue weighted by Crippen LogP contribution is -2.27. The van der Waals surface area contributed by atoms with Crippen LogP contribution in [0.2, 0.25) is 5.02 Å². The molecular weight excluding hydrogens is 380 g/mol. The van der Waals surface area contributed by atoms with Crippen molar-refractivity contribution >= 4 is 35.1 Å². The second-order valence-corrected chi connectivity index (χ2v) is 6.62. The zero-order valence-electron chi connectivity index (χ0n) is 15.7. The number of nitrogen functional groups attached to an aromatic ring is 1. The minimum Gasteiger partial charge on any atom is -0.507 e. The third kappa shape index (κ3) is 5.31. The highest BCUT2D eigenvalue weighted by Crippen LogP contribution is 2.28. The van der Waals surface area contributed by atoms with Gasteiger partial charge in [-0.2, -0.15) is 0 Å². The molecule has 1 aliphatic heterocycles. The summed E-state index contributed by atoms with van der Waals surface area (Å²) in [6.07, 6.45) is 5.72. The number of ether oxygens (including phenoxy) is 1. The van der Waals surface area contributed by atoms with Gasteiger partial charge in [0.2, 0.25) is 5.91 Å². The topological polar surface area (TPSA) is 118 Å². The summed E-state index contributed by atoms with van der Waals surface area (Å²) in [5, 5.41) is 10.1. The van der Waals surface area contributed by atoms with Gasteiger partial charge in [0.05, 0.1) is 11.1 Å². The van der Waals surface area contributed by atoms with Crippen LogP contribution in [0, 0.1) is 0 Å². The van der Waals surface area contributed by atoms with Gasteiger partial charge in [0, 0.05) is 43.2 Å². The normalized spacial score (nSPS) is 16.4. The molecule has 0 radical (unpaired) electrons. The minimum atomic E-state index is 0.00421. The summed E-state index contributed by atoms with van der Waals surface area (Å²) in [5.74, 6) is 0.560. The number of H-pyrrole nitrogens is 1. The molecule has 7 nitrogen and oxygen atoms in total. The van der Waals surface area contributed by atoms with Crippen LogP contribution >= 0.6 is 11.6 Å². The largest absolute Gasteiger partial charge is 0.507 e. The van der Waals surface area contributed by atoms with Crippen molar-refractivity contribution in [3.63, 3.8) is 0 Å². The maximum Gasteiger partial charge on any atom is 0.246 e. The summed E-state index contributed by atoms with van der Waals surface area (Å²) in [5.41, 5.74) is 13.2. The molecule has 1 atom stereocenters. The predicted octanol–water partition coefficient (Wildman–Crippen LogP) is 2.83. The van der Waals surface area contributed by atoms with E-state index in [0.29, 0.717) is 34.2 Å². The quantitative estimate of drug-likeness (QED) is 0.584. The zero-order valence-corrected chi connectivity index (χ0v) is 16.4. The van der Waals surface area contributed by atoms with Crippen LogP contribution in [0.15, 0.2) is 43.1 Å². The molecule has 1 fully saturated rings. The molecule has 1 saturated heterocycles. The molecule has 2 aromatic rings. The van der Waals surface area contributed by atoms with Gasteiger partial charge in [-0.25, -0.2) is 0 Å². The smallest absolute Gasteiger partial charge is 0.246 e. The van der Waals surface area contributed by atoms with Crippen LogP contribution < -0.4 is 11.5 Å². The molecule has 0 spiro atoms. The zero-order chi connectivity index (χ0) is 20.7. The number of carbonyl (C=O) groups excluding carboxylic acids is 1. The van der Waals surface area contributed by atoms with E-state index in [2.05, 4.69) is 11.6 Å². The standard InChI is InChI=1S/C12H12ClN3O.C8H13NO2/c13-9-6-16-12(15)8(9)5-10(14)7-3-1-2-4-11(7)17;1-3-8(10)9-5-4-7(6-9)11-2/h1-6,16-17H,14-15H2;3,7H,1,4-6H2,2H3/b10-5-;. The molecule has 28 heavy (non-hydrogen) atoms. The van der Waals surface area contributed by atoms with Gasteiger partial charge in [0.1, 0.15) is 11.6 Å². The van der Waals surface area contributed by atoms with Crippen LogP contribution in [0.1, 0.15) is 17.5 Å². The van der Waals surface area contributed by atoms with Crippen LogP contribution in [0.5, 0.6) is 5.75 Å². The van der Waals surface area contributed by atoms with Crippen molar-refractivity contribution in [3.05, 3.63) is 59.3 Å². The van der Waals surface area contributed by atoms with Gasteiger partial charge in [-0.3, -0.25) is 4.79 Å². The van der Waals surface area contributed by atoms with Crippen molar-refractivity contribution in [2.45, 2.75) is 12.5 Å². The van der Waals surface area contributed by atoms with Crippen molar-refractivity contribution in [2.24, 2.45) is 5.73 Å². The number of rotatable bonds is 4. The lowest BCUT2D eigenvalue weighted by molar-refractivity contribution is -0.125. The van der Waals surface area contributed by atoms with E-state index in [1.807, 2.05) is 0 Å². The van der Waals surface area contributed by atoms with Gasteiger partial charge in [0.15, 0.2) is 0 Å². The Balaban J connectivity index is 0.000000221. The molecule has 1 aromatic heterocycles. The van der Waals surface area contributed by atoms with E-state index in [1.54, 1.807) is 48.5 Å². The number of benzene rings is 1. The van der Waals surface area contributed by atoms with E-state index in [4.69, 9.17) is 27.8 Å². The van der Waals surface area contributed by atoms with Gasteiger partial charge in [-0.15, -0.1) is 0 Å². The van der Waals surface area contributed by atoms with Gasteiger partial charge in [-0.05, 0) is 30.7 Å². The fourth-order valence-electron chi connectivity index (χ4n) is 2.77. The average Bonchev–Trinajstić information content (AvgIpc) is 3.30. The molecule has 2 heterocycles. The summed E-state index contributed by atoms with van der Waals surface area (Å²) in [6.45, 7) is 4.93. The van der Waals surface area contributed by atoms with Crippen LogP contribution in [0.25, 0.3) is 11.8 Å². The van der Waals surface area contributed by atoms with E-state index in [1.165, 1.54) is 6.08 Å². The van der Waals surface area contributed by atoms with Crippen molar-refractivity contribution in [1.29, 1.82) is 0 Å². The number of anilines is 1. The Morgan fingerprint density at radius 3 is 2.71 bits per heavy atom. The number of nitrogens with one attached hydrogen (secondary N) is 1. The summed E-state index contributed by atoms with van der Waals surface area (Å²) >= 11 is 5.94. The first-order valence-corrected chi connectivity index (χ1v) is 9.07. The first-order valence-electron chi connectivity index (χ1n) is 8.69. The summed E-state index contributed by atoms with van der Waals surface area (Å²) in [7, 11) is 1.67. The van der Waals surface area contributed by atoms with Crippen molar-refractivity contribution in [2.75, 3.05) is 25.9 Å². The van der Waals surface area contributed by atoms with E-state index in [-0.39, 0.29) is 17.8 Å². The Morgan fingerprint density at radius 2 is 2.18 bits per heavy atom.